The van der Waals surface area contributed by atoms with Crippen LogP contribution in [0.25, 0.3) is 22.3 Å². The number of nitrogens with one attached hydrogen (secondary N) is 2. The third kappa shape index (κ3) is 4.75. The maximum atomic E-state index is 12.9. The number of nitrogens with zero attached hydrogens (tertiary/aromatic N) is 5. The first kappa shape index (κ1) is 24.4. The standard InChI is InChI=1S/C22H19F3N8O.ClH/c23-22(24,25)14-5-8-28-16(9-14)31-21(34)13-3-1-12(2-4-13)18-17-19(26)29-11-30-20(17)33(32-18)15-6-7-27-10-15;/h1-5,8-9,11,15,27H,6-7,10H2,(H2,26,29,30)(H,28,31,34);1H. The fourth-order valence-corrected chi connectivity index (χ4v) is 3.94. The Labute approximate surface area is 203 Å². The molecule has 1 saturated heterocycles. The average molecular weight is 505 g/mol. The van der Waals surface area contributed by atoms with Crippen LogP contribution >= 0.6 is 12.4 Å². The smallest absolute Gasteiger partial charge is 0.383 e. The molecule has 1 fully saturated rings. The van der Waals surface area contributed by atoms with Crippen molar-refractivity contribution < 1.29 is 18.0 Å². The molecule has 4 N–H and O–H groups in total. The number of nitrogen functional groups attached to an aromatic ring is 1. The molecule has 1 aliphatic rings. The highest BCUT2D eigenvalue weighted by Gasteiger charge is 2.31. The lowest BCUT2D eigenvalue weighted by atomic mass is 10.1. The van der Waals surface area contributed by atoms with E-state index >= 15 is 0 Å². The van der Waals surface area contributed by atoms with E-state index in [1.165, 1.54) is 6.33 Å². The third-order valence-corrected chi connectivity index (χ3v) is 5.65. The van der Waals surface area contributed by atoms with Gasteiger partial charge in [-0.15, -0.1) is 12.4 Å². The third-order valence-electron chi connectivity index (χ3n) is 5.65. The number of rotatable bonds is 4. The summed E-state index contributed by atoms with van der Waals surface area (Å²) in [7, 11) is 0. The van der Waals surface area contributed by atoms with Crippen molar-refractivity contribution in [2.24, 2.45) is 0 Å². The largest absolute Gasteiger partial charge is 0.416 e. The van der Waals surface area contributed by atoms with Crippen molar-refractivity contribution in [3.05, 3.63) is 60.0 Å². The van der Waals surface area contributed by atoms with E-state index in [4.69, 9.17) is 10.8 Å². The Balaban J connectivity index is 0.00000289. The van der Waals surface area contributed by atoms with Crippen LogP contribution in [0.5, 0.6) is 0 Å². The van der Waals surface area contributed by atoms with Crippen LogP contribution in [0.15, 0.2) is 48.9 Å². The molecule has 182 valence electrons. The first-order valence-corrected chi connectivity index (χ1v) is 10.5. The summed E-state index contributed by atoms with van der Waals surface area (Å²) in [5.74, 6) is -0.480. The molecule has 1 atom stereocenters. The van der Waals surface area contributed by atoms with Gasteiger partial charge in [-0.3, -0.25) is 4.79 Å². The molecule has 0 aliphatic carbocycles. The van der Waals surface area contributed by atoms with Gasteiger partial charge in [0.25, 0.3) is 5.91 Å². The van der Waals surface area contributed by atoms with Crippen LogP contribution in [0.2, 0.25) is 0 Å². The number of alkyl halides is 3. The van der Waals surface area contributed by atoms with Crippen LogP contribution in [0.1, 0.15) is 28.4 Å². The zero-order chi connectivity index (χ0) is 23.9. The van der Waals surface area contributed by atoms with E-state index in [2.05, 4.69) is 25.6 Å². The second-order valence-electron chi connectivity index (χ2n) is 7.86. The Morgan fingerprint density at radius 3 is 2.60 bits per heavy atom. The van der Waals surface area contributed by atoms with Gasteiger partial charge in [0.2, 0.25) is 0 Å². The summed E-state index contributed by atoms with van der Waals surface area (Å²) in [4.78, 5) is 24.8. The Bertz CT molecular complexity index is 1370. The SMILES string of the molecule is Cl.Nc1ncnc2c1c(-c1ccc(C(=O)Nc3cc(C(F)(F)F)ccn3)cc1)nn2C1CCNC1. The molecular weight excluding hydrogens is 485 g/mol. The molecule has 0 radical (unpaired) electrons. The minimum Gasteiger partial charge on any atom is -0.383 e. The number of carbonyl (C=O) groups is 1. The molecule has 5 rings (SSSR count). The molecule has 35 heavy (non-hydrogen) atoms. The molecule has 1 aliphatic heterocycles. The fourth-order valence-electron chi connectivity index (χ4n) is 3.94. The van der Waals surface area contributed by atoms with Crippen LogP contribution in [0, 0.1) is 0 Å². The van der Waals surface area contributed by atoms with Gasteiger partial charge >= 0.3 is 6.18 Å². The second-order valence-corrected chi connectivity index (χ2v) is 7.86. The first-order chi connectivity index (χ1) is 16.3. The summed E-state index contributed by atoms with van der Waals surface area (Å²) in [6.45, 7) is 1.65. The van der Waals surface area contributed by atoms with Gasteiger partial charge in [0.05, 0.1) is 17.0 Å². The lowest BCUT2D eigenvalue weighted by Crippen LogP contribution is -2.15. The van der Waals surface area contributed by atoms with E-state index in [1.807, 2.05) is 4.68 Å². The predicted molar refractivity (Wildman–Crippen MR) is 126 cm³/mol. The summed E-state index contributed by atoms with van der Waals surface area (Å²) >= 11 is 0. The number of benzene rings is 1. The maximum absolute atomic E-state index is 12.9. The van der Waals surface area contributed by atoms with E-state index in [1.54, 1.807) is 24.3 Å². The fraction of sp³-hybridized carbons (Fsp3) is 0.227. The summed E-state index contributed by atoms with van der Waals surface area (Å²) in [5.41, 5.74) is 7.41. The van der Waals surface area contributed by atoms with Crippen molar-refractivity contribution in [2.75, 3.05) is 24.1 Å². The molecule has 0 spiro atoms. The Hall–Kier alpha value is -3.77. The molecule has 13 heteroatoms. The highest BCUT2D eigenvalue weighted by Crippen LogP contribution is 2.33. The van der Waals surface area contributed by atoms with E-state index in [9.17, 15) is 18.0 Å². The Morgan fingerprint density at radius 1 is 1.14 bits per heavy atom. The maximum Gasteiger partial charge on any atom is 0.416 e. The topological polar surface area (TPSA) is 124 Å². The van der Waals surface area contributed by atoms with Gasteiger partial charge in [-0.1, -0.05) is 12.1 Å². The Morgan fingerprint density at radius 2 is 1.91 bits per heavy atom. The van der Waals surface area contributed by atoms with Gasteiger partial charge in [0.1, 0.15) is 23.7 Å². The van der Waals surface area contributed by atoms with Gasteiger partial charge in [0.15, 0.2) is 5.65 Å². The lowest BCUT2D eigenvalue weighted by molar-refractivity contribution is -0.137. The molecule has 4 heterocycles. The summed E-state index contributed by atoms with van der Waals surface area (Å²) in [6.07, 6.45) is -1.23. The number of pyridine rings is 1. The van der Waals surface area contributed by atoms with E-state index in [-0.39, 0.29) is 29.8 Å². The minimum absolute atomic E-state index is 0. The van der Waals surface area contributed by atoms with Crippen molar-refractivity contribution in [1.82, 2.24) is 30.0 Å². The van der Waals surface area contributed by atoms with Crippen molar-refractivity contribution in [3.8, 4) is 11.3 Å². The highest BCUT2D eigenvalue weighted by molar-refractivity contribution is 6.04. The molecule has 1 amide bonds. The first-order valence-electron chi connectivity index (χ1n) is 10.5. The molecule has 4 aromatic rings. The summed E-state index contributed by atoms with van der Waals surface area (Å²) in [6, 6.07) is 8.26. The number of hydrogen-bond acceptors (Lipinski definition) is 7. The molecule has 1 aromatic carbocycles. The predicted octanol–water partition coefficient (Wildman–Crippen LogP) is 3.70. The van der Waals surface area contributed by atoms with Crippen LogP contribution in [-0.4, -0.2) is 43.7 Å². The van der Waals surface area contributed by atoms with E-state index in [0.717, 1.165) is 37.8 Å². The number of fused-ring (bicyclic) bond motifs is 1. The van der Waals surface area contributed by atoms with Crippen molar-refractivity contribution in [3.63, 3.8) is 0 Å². The molecule has 0 saturated carbocycles. The highest BCUT2D eigenvalue weighted by atomic mass is 35.5. The van der Waals surface area contributed by atoms with Gasteiger partial charge < -0.3 is 16.4 Å². The van der Waals surface area contributed by atoms with Crippen LogP contribution in [0.3, 0.4) is 0 Å². The quantitative estimate of drug-likeness (QED) is 0.387. The second kappa shape index (κ2) is 9.47. The summed E-state index contributed by atoms with van der Waals surface area (Å²) in [5, 5.41) is 11.1. The number of amides is 1. The molecule has 0 bridgehead atoms. The van der Waals surface area contributed by atoms with Crippen molar-refractivity contribution in [2.45, 2.75) is 18.6 Å². The summed E-state index contributed by atoms with van der Waals surface area (Å²) < 4.78 is 40.6. The van der Waals surface area contributed by atoms with Gasteiger partial charge in [0, 0.05) is 23.9 Å². The lowest BCUT2D eigenvalue weighted by Gasteiger charge is -2.09. The van der Waals surface area contributed by atoms with Gasteiger partial charge in [-0.25, -0.2) is 19.6 Å². The van der Waals surface area contributed by atoms with Gasteiger partial charge in [-0.05, 0) is 37.2 Å². The number of carbonyl (C=O) groups excluding carboxylic acids is 1. The molecule has 3 aromatic heterocycles. The van der Waals surface area contributed by atoms with Gasteiger partial charge in [-0.2, -0.15) is 18.3 Å². The van der Waals surface area contributed by atoms with Crippen LogP contribution in [0.4, 0.5) is 24.8 Å². The zero-order valence-corrected chi connectivity index (χ0v) is 18.9. The van der Waals surface area contributed by atoms with E-state index < -0.39 is 17.6 Å². The number of nitrogens with two attached hydrogens (primary N) is 1. The van der Waals surface area contributed by atoms with Crippen LogP contribution < -0.4 is 16.4 Å². The normalized spacial score (nSPS) is 15.7. The zero-order valence-electron chi connectivity index (χ0n) is 18.1. The average Bonchev–Trinajstić information content (AvgIpc) is 3.47. The Kier molecular flexibility index (Phi) is 6.59. The minimum atomic E-state index is -4.53. The van der Waals surface area contributed by atoms with E-state index in [0.29, 0.717) is 28.1 Å². The number of anilines is 2. The van der Waals surface area contributed by atoms with Crippen molar-refractivity contribution >= 4 is 41.0 Å². The molecule has 1 unspecified atom stereocenters. The number of aromatic nitrogens is 5. The number of hydrogen-bond donors (Lipinski definition) is 3. The monoisotopic (exact) mass is 504 g/mol. The number of halogens is 4. The molecule has 9 nitrogen and oxygen atoms in total. The van der Waals surface area contributed by atoms with Crippen molar-refractivity contribution in [1.29, 1.82) is 0 Å². The van der Waals surface area contributed by atoms with Crippen LogP contribution in [-0.2, 0) is 6.18 Å². The molecular formula is C22H20ClF3N8O.